The summed E-state index contributed by atoms with van der Waals surface area (Å²) in [4.78, 5) is 2.34. The van der Waals surface area contributed by atoms with Crippen LogP contribution in [0.4, 0.5) is 5.82 Å². The Balaban J connectivity index is 1.29. The summed E-state index contributed by atoms with van der Waals surface area (Å²) < 4.78 is 32.6. The fourth-order valence-corrected chi connectivity index (χ4v) is 5.56. The molecule has 7 nitrogen and oxygen atoms in total. The molecule has 8 heteroatoms. The molecule has 0 N–H and O–H groups in total. The molecule has 0 radical (unpaired) electrons. The summed E-state index contributed by atoms with van der Waals surface area (Å²) in [5, 5.41) is 11.2. The first-order valence-corrected chi connectivity index (χ1v) is 12.2. The number of ether oxygens (including phenoxy) is 1. The van der Waals surface area contributed by atoms with Gasteiger partial charge in [-0.2, -0.15) is 4.31 Å². The number of hydrogen-bond donors (Lipinski definition) is 0. The van der Waals surface area contributed by atoms with Gasteiger partial charge in [0.25, 0.3) is 0 Å². The molecule has 0 saturated carbocycles. The van der Waals surface area contributed by atoms with Crippen molar-refractivity contribution in [1.82, 2.24) is 14.5 Å². The quantitative estimate of drug-likeness (QED) is 0.451. The molecule has 33 heavy (non-hydrogen) atoms. The zero-order chi connectivity index (χ0) is 22.8. The first kappa shape index (κ1) is 21.4. The van der Waals surface area contributed by atoms with Gasteiger partial charge in [-0.05, 0) is 47.2 Å². The van der Waals surface area contributed by atoms with Crippen LogP contribution < -0.4 is 9.64 Å². The summed E-state index contributed by atoms with van der Waals surface area (Å²) in [5.74, 6) is 1.38. The fourth-order valence-electron chi connectivity index (χ4n) is 4.14. The van der Waals surface area contributed by atoms with E-state index in [2.05, 4.69) is 39.4 Å². The van der Waals surface area contributed by atoms with Crippen LogP contribution in [0.15, 0.2) is 83.8 Å². The molecule has 3 aromatic carbocycles. The van der Waals surface area contributed by atoms with Gasteiger partial charge >= 0.3 is 0 Å². The van der Waals surface area contributed by atoms with E-state index in [-0.39, 0.29) is 4.90 Å². The lowest BCUT2D eigenvalue weighted by Crippen LogP contribution is -2.48. The molecule has 4 aromatic rings. The molecule has 0 spiro atoms. The highest BCUT2D eigenvalue weighted by molar-refractivity contribution is 7.89. The van der Waals surface area contributed by atoms with Crippen LogP contribution in [0.3, 0.4) is 0 Å². The number of benzene rings is 3. The van der Waals surface area contributed by atoms with Crippen molar-refractivity contribution in [3.63, 3.8) is 0 Å². The number of methoxy groups -OCH3 is 1. The highest BCUT2D eigenvalue weighted by Crippen LogP contribution is 2.28. The number of piperazine rings is 1. The van der Waals surface area contributed by atoms with E-state index in [4.69, 9.17) is 4.74 Å². The largest absolute Gasteiger partial charge is 0.497 e. The number of anilines is 1. The molecule has 0 unspecified atom stereocenters. The van der Waals surface area contributed by atoms with Gasteiger partial charge in [0, 0.05) is 31.7 Å². The van der Waals surface area contributed by atoms with E-state index in [0.29, 0.717) is 31.9 Å². The normalized spacial score (nSPS) is 15.0. The van der Waals surface area contributed by atoms with Crippen molar-refractivity contribution in [2.24, 2.45) is 0 Å². The van der Waals surface area contributed by atoms with Gasteiger partial charge in [-0.15, -0.1) is 10.2 Å². The van der Waals surface area contributed by atoms with E-state index in [1.54, 1.807) is 31.4 Å². The van der Waals surface area contributed by atoms with E-state index >= 15 is 0 Å². The van der Waals surface area contributed by atoms with Gasteiger partial charge in [0.1, 0.15) is 5.75 Å². The smallest absolute Gasteiger partial charge is 0.243 e. The van der Waals surface area contributed by atoms with Crippen LogP contribution in [-0.4, -0.2) is 56.2 Å². The van der Waals surface area contributed by atoms with E-state index in [9.17, 15) is 8.42 Å². The van der Waals surface area contributed by atoms with E-state index in [1.807, 2.05) is 30.3 Å². The minimum atomic E-state index is -3.54. The number of rotatable bonds is 5. The average Bonchev–Trinajstić information content (AvgIpc) is 2.88. The van der Waals surface area contributed by atoms with Crippen molar-refractivity contribution in [3.8, 4) is 17.0 Å². The number of nitrogens with zero attached hydrogens (tertiary/aromatic N) is 4. The van der Waals surface area contributed by atoms with Gasteiger partial charge < -0.3 is 9.64 Å². The zero-order valence-corrected chi connectivity index (χ0v) is 19.1. The van der Waals surface area contributed by atoms with E-state index < -0.39 is 10.0 Å². The topological polar surface area (TPSA) is 75.6 Å². The third-order valence-corrected chi connectivity index (χ3v) is 7.89. The average molecular weight is 461 g/mol. The molecule has 0 aliphatic carbocycles. The Hall–Kier alpha value is -3.49. The first-order chi connectivity index (χ1) is 16.1. The van der Waals surface area contributed by atoms with Crippen LogP contribution in [0.2, 0.25) is 0 Å². The lowest BCUT2D eigenvalue weighted by Gasteiger charge is -2.34. The summed E-state index contributed by atoms with van der Waals surface area (Å²) in [6.07, 6.45) is 0. The van der Waals surface area contributed by atoms with Crippen LogP contribution in [0.1, 0.15) is 0 Å². The Morgan fingerprint density at radius 3 is 2.21 bits per heavy atom. The van der Waals surface area contributed by atoms with Gasteiger partial charge in [-0.1, -0.05) is 42.5 Å². The Bertz CT molecular complexity index is 1360. The SMILES string of the molecule is COc1ccc(S(=O)(=O)N2CCN(c3ccc(-c4cccc5ccccc45)nn3)CC2)cc1. The summed E-state index contributed by atoms with van der Waals surface area (Å²) in [5.41, 5.74) is 1.86. The molecule has 0 amide bonds. The third kappa shape index (κ3) is 4.15. The van der Waals surface area contributed by atoms with Crippen molar-refractivity contribution < 1.29 is 13.2 Å². The Kier molecular flexibility index (Phi) is 5.70. The fraction of sp³-hybridized carbons (Fsp3) is 0.200. The van der Waals surface area contributed by atoms with Crippen molar-refractivity contribution in [2.45, 2.75) is 4.90 Å². The monoisotopic (exact) mass is 460 g/mol. The van der Waals surface area contributed by atoms with Crippen molar-refractivity contribution >= 4 is 26.6 Å². The molecule has 2 heterocycles. The first-order valence-electron chi connectivity index (χ1n) is 10.8. The molecule has 1 aromatic heterocycles. The van der Waals surface area contributed by atoms with Gasteiger partial charge in [0.15, 0.2) is 5.82 Å². The van der Waals surface area contributed by atoms with Gasteiger partial charge in [0.2, 0.25) is 10.0 Å². The predicted molar refractivity (Wildman–Crippen MR) is 129 cm³/mol. The van der Waals surface area contributed by atoms with Crippen LogP contribution in [-0.2, 0) is 10.0 Å². The minimum Gasteiger partial charge on any atom is -0.497 e. The van der Waals surface area contributed by atoms with Crippen LogP contribution >= 0.6 is 0 Å². The standard InChI is InChI=1S/C25H24N4O3S/c1-32-20-9-11-21(12-10-20)33(30,31)29-17-15-28(16-18-29)25-14-13-24(26-27-25)23-8-4-6-19-5-2-3-7-22(19)23/h2-14H,15-18H2,1H3. The molecular weight excluding hydrogens is 436 g/mol. The number of sulfonamides is 1. The molecule has 1 fully saturated rings. The Labute approximate surface area is 193 Å². The van der Waals surface area contributed by atoms with Crippen LogP contribution in [0.5, 0.6) is 5.75 Å². The number of fused-ring (bicyclic) bond motifs is 1. The number of aromatic nitrogens is 2. The summed E-state index contributed by atoms with van der Waals surface area (Å²) in [6.45, 7) is 1.89. The van der Waals surface area contributed by atoms with Crippen molar-refractivity contribution in [3.05, 3.63) is 78.9 Å². The van der Waals surface area contributed by atoms with Crippen molar-refractivity contribution in [1.29, 1.82) is 0 Å². The number of hydrogen-bond acceptors (Lipinski definition) is 6. The lowest BCUT2D eigenvalue weighted by atomic mass is 10.0. The second-order valence-electron chi connectivity index (χ2n) is 7.87. The summed E-state index contributed by atoms with van der Waals surface area (Å²) in [6, 6.07) is 24.8. The molecule has 0 bridgehead atoms. The molecule has 1 saturated heterocycles. The second kappa shape index (κ2) is 8.80. The maximum Gasteiger partial charge on any atom is 0.243 e. The lowest BCUT2D eigenvalue weighted by molar-refractivity contribution is 0.383. The molecule has 1 aliphatic rings. The van der Waals surface area contributed by atoms with E-state index in [1.165, 1.54) is 4.31 Å². The van der Waals surface area contributed by atoms with Gasteiger partial charge in [-0.3, -0.25) is 0 Å². The van der Waals surface area contributed by atoms with Gasteiger partial charge in [0.05, 0.1) is 17.7 Å². The molecule has 168 valence electrons. The highest BCUT2D eigenvalue weighted by Gasteiger charge is 2.29. The maximum absolute atomic E-state index is 13.0. The van der Waals surface area contributed by atoms with Crippen LogP contribution in [0.25, 0.3) is 22.0 Å². The maximum atomic E-state index is 13.0. The highest BCUT2D eigenvalue weighted by atomic mass is 32.2. The summed E-state index contributed by atoms with van der Waals surface area (Å²) in [7, 11) is -1.99. The second-order valence-corrected chi connectivity index (χ2v) is 9.81. The van der Waals surface area contributed by atoms with Gasteiger partial charge in [-0.25, -0.2) is 8.42 Å². The zero-order valence-electron chi connectivity index (χ0n) is 18.3. The molecular formula is C25H24N4O3S. The minimum absolute atomic E-state index is 0.274. The van der Waals surface area contributed by atoms with Crippen molar-refractivity contribution in [2.75, 3.05) is 38.2 Å². The molecule has 5 rings (SSSR count). The predicted octanol–water partition coefficient (Wildman–Crippen LogP) is 3.82. The Morgan fingerprint density at radius 1 is 0.788 bits per heavy atom. The van der Waals surface area contributed by atoms with Crippen LogP contribution in [0, 0.1) is 0 Å². The molecule has 0 atom stereocenters. The molecule has 1 aliphatic heterocycles. The Morgan fingerprint density at radius 2 is 1.52 bits per heavy atom. The third-order valence-electron chi connectivity index (χ3n) is 5.98. The summed E-state index contributed by atoms with van der Waals surface area (Å²) >= 11 is 0. The van der Waals surface area contributed by atoms with E-state index in [0.717, 1.165) is 27.8 Å².